The Bertz CT molecular complexity index is 1800. The predicted octanol–water partition coefficient (Wildman–Crippen LogP) is 8.50. The molecule has 6 rings (SSSR count). The van der Waals surface area contributed by atoms with Gasteiger partial charge in [-0.25, -0.2) is 13.2 Å². The molecule has 4 aromatic carbocycles. The number of Topliss-reactive ketones (excluding diaryl/α,β-unsaturated/α-hetero) is 1. The van der Waals surface area contributed by atoms with E-state index in [0.717, 1.165) is 16.3 Å². The molecule has 5 aromatic rings. The number of hydrogen-bond acceptors (Lipinski definition) is 3. The first-order valence-corrected chi connectivity index (χ1v) is 12.7. The van der Waals surface area contributed by atoms with Gasteiger partial charge in [0.2, 0.25) is 0 Å². The van der Waals surface area contributed by atoms with Crippen LogP contribution in [-0.2, 0) is 19.1 Å². The maximum atomic E-state index is 14.6. The largest absolute Gasteiger partial charge is 0.457 e. The number of ether oxygens (including phenoxy) is 1. The van der Waals surface area contributed by atoms with E-state index in [4.69, 9.17) is 4.74 Å². The lowest BCUT2D eigenvalue weighted by Gasteiger charge is -2.19. The van der Waals surface area contributed by atoms with Crippen LogP contribution in [0.2, 0.25) is 0 Å². The number of aromatic nitrogens is 2. The Kier molecular flexibility index (Phi) is 6.56. The molecule has 4 nitrogen and oxygen atoms in total. The summed E-state index contributed by atoms with van der Waals surface area (Å²) in [4.78, 5) is 12.4. The number of alkyl halides is 3. The van der Waals surface area contributed by atoms with Crippen molar-refractivity contribution in [2.45, 2.75) is 32.0 Å². The molecule has 0 fully saturated rings. The average Bonchev–Trinajstić information content (AvgIpc) is 3.29. The van der Waals surface area contributed by atoms with Gasteiger partial charge >= 0.3 is 6.18 Å². The van der Waals surface area contributed by atoms with E-state index in [1.54, 1.807) is 42.5 Å². The number of halogens is 6. The Hall–Kier alpha value is -4.60. The fourth-order valence-corrected chi connectivity index (χ4v) is 5.25. The maximum absolute atomic E-state index is 14.6. The van der Waals surface area contributed by atoms with Crippen LogP contribution in [0, 0.1) is 17.5 Å². The van der Waals surface area contributed by atoms with Gasteiger partial charge in [-0.3, -0.25) is 9.48 Å². The van der Waals surface area contributed by atoms with Gasteiger partial charge in [0.1, 0.15) is 34.5 Å². The summed E-state index contributed by atoms with van der Waals surface area (Å²) in [5, 5.41) is 4.23. The van der Waals surface area contributed by atoms with E-state index in [1.807, 2.05) is 0 Å². The predicted molar refractivity (Wildman–Crippen MR) is 139 cm³/mol. The molecule has 0 N–H and O–H groups in total. The molecule has 0 radical (unpaired) electrons. The number of nitrogens with zero attached hydrogens (tertiary/aromatic N) is 2. The van der Waals surface area contributed by atoms with Crippen molar-refractivity contribution in [3.05, 3.63) is 113 Å². The zero-order valence-electron chi connectivity index (χ0n) is 21.2. The van der Waals surface area contributed by atoms with Crippen LogP contribution in [-0.4, -0.2) is 15.6 Å². The van der Waals surface area contributed by atoms with Gasteiger partial charge in [0.05, 0.1) is 17.8 Å². The first kappa shape index (κ1) is 26.6. The number of benzene rings is 4. The lowest BCUT2D eigenvalue weighted by Crippen LogP contribution is -2.11. The molecule has 0 unspecified atom stereocenters. The van der Waals surface area contributed by atoms with Gasteiger partial charge in [-0.1, -0.05) is 36.4 Å². The van der Waals surface area contributed by atoms with Crippen molar-refractivity contribution < 1.29 is 35.9 Å². The van der Waals surface area contributed by atoms with E-state index in [9.17, 15) is 31.1 Å². The van der Waals surface area contributed by atoms with Crippen molar-refractivity contribution in [1.29, 1.82) is 0 Å². The molecule has 0 saturated carbocycles. The molecule has 0 spiro atoms. The van der Waals surface area contributed by atoms with Crippen molar-refractivity contribution in [1.82, 2.24) is 9.78 Å². The van der Waals surface area contributed by atoms with Crippen molar-refractivity contribution >= 4 is 16.7 Å². The van der Waals surface area contributed by atoms with Crippen LogP contribution in [0.4, 0.5) is 26.3 Å². The van der Waals surface area contributed by atoms with Crippen LogP contribution in [0.5, 0.6) is 11.5 Å². The van der Waals surface area contributed by atoms with Crippen LogP contribution in [0.3, 0.4) is 0 Å². The summed E-state index contributed by atoms with van der Waals surface area (Å²) in [6.07, 6.45) is -2.94. The number of fused-ring (bicyclic) bond motifs is 2. The van der Waals surface area contributed by atoms with E-state index in [1.165, 1.54) is 12.1 Å². The molecular weight excluding hydrogens is 546 g/mol. The summed E-state index contributed by atoms with van der Waals surface area (Å²) in [5.41, 5.74) is -0.0678. The van der Waals surface area contributed by atoms with Gasteiger partial charge in [0.15, 0.2) is 5.78 Å². The molecule has 0 aliphatic heterocycles. The molecule has 0 bridgehead atoms. The van der Waals surface area contributed by atoms with E-state index in [2.05, 4.69) is 5.10 Å². The molecule has 0 amide bonds. The molecule has 41 heavy (non-hydrogen) atoms. The SMILES string of the molecule is O=C1CCCc2c(Oc3cccc(-c4c5cccc(C(F)(F)F)c5nn4Cc4c(F)cc(F)cc4F)c3)cccc21. The minimum absolute atomic E-state index is 0.0292. The molecular formula is C31H20F6N2O2. The van der Waals surface area contributed by atoms with Crippen molar-refractivity contribution in [3.8, 4) is 22.8 Å². The van der Waals surface area contributed by atoms with E-state index in [0.29, 0.717) is 54.0 Å². The summed E-state index contributed by atoms with van der Waals surface area (Å²) in [6.45, 7) is -0.599. The monoisotopic (exact) mass is 566 g/mol. The molecule has 1 heterocycles. The maximum Gasteiger partial charge on any atom is 0.418 e. The number of rotatable bonds is 5. The summed E-state index contributed by atoms with van der Waals surface area (Å²) < 4.78 is 91.5. The lowest BCUT2D eigenvalue weighted by atomic mass is 9.90. The number of ketones is 1. The third kappa shape index (κ3) is 4.94. The van der Waals surface area contributed by atoms with Gasteiger partial charge in [0, 0.05) is 46.2 Å². The molecule has 208 valence electrons. The zero-order chi connectivity index (χ0) is 28.9. The van der Waals surface area contributed by atoms with Crippen molar-refractivity contribution in [2.24, 2.45) is 0 Å². The normalized spacial score (nSPS) is 13.5. The zero-order valence-corrected chi connectivity index (χ0v) is 21.2. The van der Waals surface area contributed by atoms with Crippen LogP contribution < -0.4 is 4.74 Å². The van der Waals surface area contributed by atoms with Gasteiger partial charge < -0.3 is 4.74 Å². The third-order valence-corrected chi connectivity index (χ3v) is 7.09. The standard InChI is InChI=1S/C31H20F6N2O2/c32-18-14-25(33)23(26(34)15-18)16-39-30(22-9-2-10-24(29(22)38-39)31(35,36)37)17-5-1-6-19(13-17)41-28-12-4-7-20-21(28)8-3-11-27(20)40/h1-2,4-7,9-10,12-15H,3,8,11,16H2. The molecule has 0 saturated heterocycles. The van der Waals surface area contributed by atoms with Gasteiger partial charge in [-0.05, 0) is 37.1 Å². The molecule has 1 aliphatic rings. The van der Waals surface area contributed by atoms with Crippen molar-refractivity contribution in [3.63, 3.8) is 0 Å². The Morgan fingerprint density at radius 3 is 2.37 bits per heavy atom. The second-order valence-electron chi connectivity index (χ2n) is 9.74. The Morgan fingerprint density at radius 1 is 0.878 bits per heavy atom. The minimum Gasteiger partial charge on any atom is -0.457 e. The summed E-state index contributed by atoms with van der Waals surface area (Å²) in [7, 11) is 0. The first-order valence-electron chi connectivity index (χ1n) is 12.7. The summed E-state index contributed by atoms with van der Waals surface area (Å²) >= 11 is 0. The summed E-state index contributed by atoms with van der Waals surface area (Å²) in [6, 6.07) is 16.2. The highest BCUT2D eigenvalue weighted by molar-refractivity contribution is 5.99. The second kappa shape index (κ2) is 10.1. The van der Waals surface area contributed by atoms with E-state index >= 15 is 0 Å². The second-order valence-corrected chi connectivity index (χ2v) is 9.74. The average molecular weight is 567 g/mol. The van der Waals surface area contributed by atoms with Crippen LogP contribution >= 0.6 is 0 Å². The van der Waals surface area contributed by atoms with Gasteiger partial charge in [-0.2, -0.15) is 18.3 Å². The fourth-order valence-electron chi connectivity index (χ4n) is 5.25. The molecule has 0 atom stereocenters. The van der Waals surface area contributed by atoms with Gasteiger partial charge in [0.25, 0.3) is 0 Å². The minimum atomic E-state index is -4.74. The molecule has 1 aliphatic carbocycles. The fraction of sp³-hybridized carbons (Fsp3) is 0.161. The van der Waals surface area contributed by atoms with Crippen LogP contribution in [0.1, 0.15) is 39.9 Å². The molecule has 1 aromatic heterocycles. The third-order valence-electron chi connectivity index (χ3n) is 7.09. The van der Waals surface area contributed by atoms with Crippen LogP contribution in [0.15, 0.2) is 72.8 Å². The number of carbonyl (C=O) groups excluding carboxylic acids is 1. The highest BCUT2D eigenvalue weighted by Gasteiger charge is 2.35. The Morgan fingerprint density at radius 2 is 1.61 bits per heavy atom. The number of carbonyl (C=O) groups is 1. The topological polar surface area (TPSA) is 44.1 Å². The highest BCUT2D eigenvalue weighted by Crippen LogP contribution is 2.40. The summed E-state index contributed by atoms with van der Waals surface area (Å²) in [5.74, 6) is -2.65. The first-order chi connectivity index (χ1) is 19.6. The van der Waals surface area contributed by atoms with E-state index in [-0.39, 0.29) is 16.9 Å². The van der Waals surface area contributed by atoms with E-state index < -0.39 is 46.8 Å². The highest BCUT2D eigenvalue weighted by atomic mass is 19.4. The smallest absolute Gasteiger partial charge is 0.418 e. The number of hydrogen-bond donors (Lipinski definition) is 0. The Balaban J connectivity index is 1.49. The van der Waals surface area contributed by atoms with Crippen molar-refractivity contribution in [2.75, 3.05) is 0 Å². The quantitative estimate of drug-likeness (QED) is 0.200. The Labute approximate surface area is 229 Å². The lowest BCUT2D eigenvalue weighted by molar-refractivity contribution is -0.136. The van der Waals surface area contributed by atoms with Crippen LogP contribution in [0.25, 0.3) is 22.2 Å². The van der Waals surface area contributed by atoms with Gasteiger partial charge in [-0.15, -0.1) is 0 Å². The molecule has 10 heteroatoms.